The Morgan fingerprint density at radius 3 is 2.25 bits per heavy atom. The zero-order valence-corrected chi connectivity index (χ0v) is 16.1. The van der Waals surface area contributed by atoms with Crippen LogP contribution in [0, 0.1) is 5.82 Å². The highest BCUT2D eigenvalue weighted by Gasteiger charge is 2.33. The zero-order valence-electron chi connectivity index (χ0n) is 15.3. The Bertz CT molecular complexity index is 822. The van der Waals surface area contributed by atoms with Crippen molar-refractivity contribution in [2.24, 2.45) is 0 Å². The van der Waals surface area contributed by atoms with Crippen LogP contribution in [-0.2, 0) is 24.4 Å². The van der Waals surface area contributed by atoms with Gasteiger partial charge >= 0.3 is 5.97 Å². The minimum atomic E-state index is -3.37. The molecule has 2 amide bonds. The molecule has 1 saturated heterocycles. The standard InChI is InChI=1S/C17H22FN3O6S/c1-28(26,27)20-10-8-19(9-11-20)17(25)15(6-7-16(23)24)21(12-22)14-4-2-13(18)3-5-14/h2-5,12,15H,6-11H2,1H3,(H,23,24)/t15-/m0/s1. The van der Waals surface area contributed by atoms with E-state index in [1.807, 2.05) is 0 Å². The van der Waals surface area contributed by atoms with Gasteiger partial charge in [-0.1, -0.05) is 0 Å². The highest BCUT2D eigenvalue weighted by Crippen LogP contribution is 2.21. The molecular weight excluding hydrogens is 393 g/mol. The Kier molecular flexibility index (Phi) is 7.08. The average Bonchev–Trinajstić information content (AvgIpc) is 2.65. The second kappa shape index (κ2) is 9.11. The number of aliphatic carboxylic acids is 1. The van der Waals surface area contributed by atoms with Gasteiger partial charge in [0.25, 0.3) is 0 Å². The molecule has 2 rings (SSSR count). The lowest BCUT2D eigenvalue weighted by atomic mass is 10.1. The van der Waals surface area contributed by atoms with Crippen molar-refractivity contribution >= 4 is 34.0 Å². The van der Waals surface area contributed by atoms with Gasteiger partial charge in [-0.15, -0.1) is 0 Å². The van der Waals surface area contributed by atoms with E-state index in [1.165, 1.54) is 21.3 Å². The highest BCUT2D eigenvalue weighted by atomic mass is 32.2. The molecule has 9 nitrogen and oxygen atoms in total. The average molecular weight is 415 g/mol. The van der Waals surface area contributed by atoms with E-state index in [2.05, 4.69) is 0 Å². The van der Waals surface area contributed by atoms with E-state index in [0.29, 0.717) is 6.41 Å². The van der Waals surface area contributed by atoms with Crippen LogP contribution in [0.25, 0.3) is 0 Å². The van der Waals surface area contributed by atoms with Gasteiger partial charge in [0.2, 0.25) is 22.3 Å². The van der Waals surface area contributed by atoms with Crippen LogP contribution in [0.4, 0.5) is 10.1 Å². The van der Waals surface area contributed by atoms with Crippen molar-refractivity contribution in [3.63, 3.8) is 0 Å². The minimum absolute atomic E-state index is 0.119. The van der Waals surface area contributed by atoms with Crippen LogP contribution in [0.5, 0.6) is 0 Å². The first-order valence-corrected chi connectivity index (χ1v) is 10.4. The molecule has 1 aliphatic heterocycles. The fourth-order valence-electron chi connectivity index (χ4n) is 3.02. The Morgan fingerprint density at radius 1 is 1.21 bits per heavy atom. The number of carboxylic acid groups (broad SMARTS) is 1. The molecule has 1 heterocycles. The Balaban J connectivity index is 2.21. The van der Waals surface area contributed by atoms with E-state index in [9.17, 15) is 27.2 Å². The van der Waals surface area contributed by atoms with Crippen LogP contribution < -0.4 is 4.90 Å². The number of carbonyl (C=O) groups excluding carboxylic acids is 2. The third-order valence-corrected chi connectivity index (χ3v) is 5.81. The molecule has 1 aromatic carbocycles. The van der Waals surface area contributed by atoms with Gasteiger partial charge < -0.3 is 14.9 Å². The molecule has 0 aromatic heterocycles. The quantitative estimate of drug-likeness (QED) is 0.604. The third kappa shape index (κ3) is 5.49. The van der Waals surface area contributed by atoms with E-state index in [4.69, 9.17) is 5.11 Å². The van der Waals surface area contributed by atoms with Crippen molar-refractivity contribution < 1.29 is 32.3 Å². The van der Waals surface area contributed by atoms with E-state index < -0.39 is 33.8 Å². The summed E-state index contributed by atoms with van der Waals surface area (Å²) < 4.78 is 37.7. The van der Waals surface area contributed by atoms with Crippen molar-refractivity contribution in [1.82, 2.24) is 9.21 Å². The summed E-state index contributed by atoms with van der Waals surface area (Å²) in [4.78, 5) is 38.2. The van der Waals surface area contributed by atoms with E-state index >= 15 is 0 Å². The number of piperazine rings is 1. The van der Waals surface area contributed by atoms with Crippen molar-refractivity contribution in [3.8, 4) is 0 Å². The van der Waals surface area contributed by atoms with Gasteiger partial charge in [0.1, 0.15) is 11.9 Å². The number of anilines is 1. The maximum Gasteiger partial charge on any atom is 0.303 e. The predicted octanol–water partition coefficient (Wildman–Crippen LogP) is 0.126. The fourth-order valence-corrected chi connectivity index (χ4v) is 3.85. The molecule has 0 aliphatic carbocycles. The third-order valence-electron chi connectivity index (χ3n) is 4.51. The van der Waals surface area contributed by atoms with Gasteiger partial charge in [-0.05, 0) is 30.7 Å². The maximum absolute atomic E-state index is 13.2. The zero-order chi connectivity index (χ0) is 20.9. The highest BCUT2D eigenvalue weighted by molar-refractivity contribution is 7.88. The molecule has 1 aromatic rings. The number of benzene rings is 1. The monoisotopic (exact) mass is 415 g/mol. The lowest BCUT2D eigenvalue weighted by molar-refractivity contribution is -0.138. The summed E-state index contributed by atoms with van der Waals surface area (Å²) in [6.07, 6.45) is 1.02. The fraction of sp³-hybridized carbons (Fsp3) is 0.471. The second-order valence-electron chi connectivity index (χ2n) is 6.42. The molecule has 28 heavy (non-hydrogen) atoms. The van der Waals surface area contributed by atoms with Crippen molar-refractivity contribution in [2.75, 3.05) is 37.3 Å². The van der Waals surface area contributed by atoms with Crippen LogP contribution in [0.1, 0.15) is 12.8 Å². The summed E-state index contributed by atoms with van der Waals surface area (Å²) in [5.41, 5.74) is 0.259. The number of halogens is 1. The maximum atomic E-state index is 13.2. The molecule has 0 unspecified atom stereocenters. The largest absolute Gasteiger partial charge is 0.481 e. The van der Waals surface area contributed by atoms with Gasteiger partial charge in [-0.3, -0.25) is 14.4 Å². The first-order valence-electron chi connectivity index (χ1n) is 8.58. The van der Waals surface area contributed by atoms with Crippen molar-refractivity contribution in [2.45, 2.75) is 18.9 Å². The molecule has 154 valence electrons. The van der Waals surface area contributed by atoms with Gasteiger partial charge in [-0.2, -0.15) is 4.31 Å². The lowest BCUT2D eigenvalue weighted by Gasteiger charge is -2.37. The predicted molar refractivity (Wildman–Crippen MR) is 98.6 cm³/mol. The number of carboxylic acids is 1. The molecule has 0 bridgehead atoms. The van der Waals surface area contributed by atoms with Crippen LogP contribution in [0.15, 0.2) is 24.3 Å². The normalized spacial score (nSPS) is 16.4. The topological polar surface area (TPSA) is 115 Å². The summed E-state index contributed by atoms with van der Waals surface area (Å²) in [6, 6.07) is 3.83. The molecule has 0 radical (unpaired) electrons. The first-order chi connectivity index (χ1) is 13.1. The van der Waals surface area contributed by atoms with Crippen LogP contribution in [-0.4, -0.2) is 79.5 Å². The van der Waals surface area contributed by atoms with Gasteiger partial charge in [0.05, 0.1) is 6.26 Å². The first kappa shape index (κ1) is 21.8. The smallest absolute Gasteiger partial charge is 0.303 e. The number of amides is 2. The Morgan fingerprint density at radius 2 is 1.79 bits per heavy atom. The van der Waals surface area contributed by atoms with Crippen LogP contribution in [0.2, 0.25) is 0 Å². The molecule has 1 atom stereocenters. The molecule has 0 saturated carbocycles. The van der Waals surface area contributed by atoms with Gasteiger partial charge in [-0.25, -0.2) is 12.8 Å². The number of hydrogen-bond acceptors (Lipinski definition) is 5. The summed E-state index contributed by atoms with van der Waals surface area (Å²) in [6.45, 7) is 0.499. The van der Waals surface area contributed by atoms with E-state index in [-0.39, 0.29) is 44.7 Å². The number of sulfonamides is 1. The molecule has 1 fully saturated rings. The van der Waals surface area contributed by atoms with Crippen molar-refractivity contribution in [3.05, 3.63) is 30.1 Å². The molecular formula is C17H22FN3O6S. The van der Waals surface area contributed by atoms with Gasteiger partial charge in [0.15, 0.2) is 0 Å². The number of carbonyl (C=O) groups is 3. The molecule has 11 heteroatoms. The number of nitrogens with zero attached hydrogens (tertiary/aromatic N) is 3. The van der Waals surface area contributed by atoms with E-state index in [0.717, 1.165) is 23.3 Å². The summed E-state index contributed by atoms with van der Waals surface area (Å²) in [7, 11) is -3.37. The molecule has 0 spiro atoms. The number of hydrogen-bond donors (Lipinski definition) is 1. The van der Waals surface area contributed by atoms with Crippen molar-refractivity contribution in [1.29, 1.82) is 0 Å². The van der Waals surface area contributed by atoms with Gasteiger partial charge in [0, 0.05) is 38.3 Å². The summed E-state index contributed by atoms with van der Waals surface area (Å²) in [5, 5.41) is 8.99. The molecule has 1 N–H and O–H groups in total. The summed E-state index contributed by atoms with van der Waals surface area (Å²) >= 11 is 0. The summed E-state index contributed by atoms with van der Waals surface area (Å²) in [5.74, 6) is -2.12. The Hall–Kier alpha value is -2.53. The number of rotatable bonds is 8. The SMILES string of the molecule is CS(=O)(=O)N1CCN(C(=O)[C@H](CCC(=O)O)N(C=O)c2ccc(F)cc2)CC1. The second-order valence-corrected chi connectivity index (χ2v) is 8.41. The van der Waals surface area contributed by atoms with Crippen LogP contribution >= 0.6 is 0 Å². The van der Waals surface area contributed by atoms with Crippen LogP contribution in [0.3, 0.4) is 0 Å². The molecule has 1 aliphatic rings. The minimum Gasteiger partial charge on any atom is -0.481 e. The lowest BCUT2D eigenvalue weighted by Crippen LogP contribution is -2.55. The van der Waals surface area contributed by atoms with E-state index in [1.54, 1.807) is 0 Å². The Labute approximate surface area is 162 Å².